The Kier molecular flexibility index (Phi) is 10.7. The largest absolute Gasteiger partial charge is 0.394 e. The number of hydrogen-bond acceptors (Lipinski definition) is 6. The molecule has 3 atom stereocenters. The minimum Gasteiger partial charge on any atom is -0.392 e. The van der Waals surface area contributed by atoms with E-state index in [1.165, 1.54) is 0 Å². The van der Waals surface area contributed by atoms with E-state index in [0.29, 0.717) is 19.6 Å². The van der Waals surface area contributed by atoms with E-state index in [2.05, 4.69) is 0 Å². The maximum Gasteiger partial charge on any atom is 0.394 e. The Morgan fingerprint density at radius 2 is 1.00 bits per heavy atom. The van der Waals surface area contributed by atoms with Gasteiger partial charge < -0.3 is 15.3 Å². The van der Waals surface area contributed by atoms with Gasteiger partial charge in [0.2, 0.25) is 0 Å². The summed E-state index contributed by atoms with van der Waals surface area (Å²) in [6.45, 7) is 6.52. The molecule has 0 saturated carbocycles. The van der Waals surface area contributed by atoms with Crippen LogP contribution in [0.1, 0.15) is 20.8 Å². The molecule has 112 valence electrons. The highest BCUT2D eigenvalue weighted by molar-refractivity contribution is 7.79. The predicted molar refractivity (Wildman–Crippen MR) is 65.7 cm³/mol. The maximum absolute atomic E-state index is 9.14. The Morgan fingerprint density at radius 1 is 0.833 bits per heavy atom. The molecule has 0 bridgehead atoms. The fraction of sp³-hybridized carbons (Fsp3) is 1.00. The Labute approximate surface area is 107 Å². The van der Waals surface area contributed by atoms with Gasteiger partial charge in [-0.05, 0) is 20.8 Å². The molecular weight excluding hydrogens is 266 g/mol. The van der Waals surface area contributed by atoms with Gasteiger partial charge in [0.25, 0.3) is 0 Å². The first kappa shape index (κ1) is 20.0. The van der Waals surface area contributed by atoms with E-state index in [1.807, 2.05) is 4.90 Å². The molecule has 0 rings (SSSR count). The molecule has 0 fully saturated rings. The first-order valence-corrected chi connectivity index (χ1v) is 6.78. The van der Waals surface area contributed by atoms with Gasteiger partial charge in [-0.15, -0.1) is 0 Å². The smallest absolute Gasteiger partial charge is 0.392 e. The lowest BCUT2D eigenvalue weighted by Gasteiger charge is -2.25. The van der Waals surface area contributed by atoms with Gasteiger partial charge in [-0.25, -0.2) is 0 Å². The summed E-state index contributed by atoms with van der Waals surface area (Å²) in [6, 6.07) is 0. The fourth-order valence-electron chi connectivity index (χ4n) is 1.34. The molecule has 3 unspecified atom stereocenters. The van der Waals surface area contributed by atoms with Crippen molar-refractivity contribution >= 4 is 10.4 Å². The Bertz CT molecular complexity index is 258. The van der Waals surface area contributed by atoms with Crippen LogP contribution in [-0.2, 0) is 10.4 Å². The van der Waals surface area contributed by atoms with E-state index < -0.39 is 28.7 Å². The van der Waals surface area contributed by atoms with E-state index in [1.54, 1.807) is 20.8 Å². The van der Waals surface area contributed by atoms with Crippen molar-refractivity contribution in [1.82, 2.24) is 4.90 Å². The number of hydrogen-bond donors (Lipinski definition) is 5. The van der Waals surface area contributed by atoms with Crippen molar-refractivity contribution in [2.24, 2.45) is 0 Å². The van der Waals surface area contributed by atoms with Crippen LogP contribution >= 0.6 is 0 Å². The first-order chi connectivity index (χ1) is 7.91. The average Bonchev–Trinajstić information content (AvgIpc) is 1.94. The summed E-state index contributed by atoms with van der Waals surface area (Å²) >= 11 is 0. The fourth-order valence-corrected chi connectivity index (χ4v) is 1.34. The van der Waals surface area contributed by atoms with Crippen molar-refractivity contribution in [3.63, 3.8) is 0 Å². The van der Waals surface area contributed by atoms with E-state index in [4.69, 9.17) is 32.8 Å². The highest BCUT2D eigenvalue weighted by Gasteiger charge is 2.12. The third-order valence-corrected chi connectivity index (χ3v) is 1.57. The van der Waals surface area contributed by atoms with Crippen LogP contribution in [0, 0.1) is 0 Å². The summed E-state index contributed by atoms with van der Waals surface area (Å²) < 4.78 is 31.6. The molecule has 0 aliphatic heterocycles. The van der Waals surface area contributed by atoms with Crippen molar-refractivity contribution in [1.29, 1.82) is 0 Å². The molecule has 0 spiro atoms. The van der Waals surface area contributed by atoms with Crippen LogP contribution in [0.2, 0.25) is 0 Å². The molecule has 0 aliphatic rings. The zero-order chi connectivity index (χ0) is 14.9. The van der Waals surface area contributed by atoms with Crippen LogP contribution in [0.15, 0.2) is 0 Å². The van der Waals surface area contributed by atoms with Gasteiger partial charge in [-0.2, -0.15) is 8.42 Å². The van der Waals surface area contributed by atoms with Gasteiger partial charge in [-0.1, -0.05) is 0 Å². The maximum atomic E-state index is 9.14. The van der Waals surface area contributed by atoms with E-state index >= 15 is 0 Å². The first-order valence-electron chi connectivity index (χ1n) is 5.38. The summed E-state index contributed by atoms with van der Waals surface area (Å²) in [5, 5.41) is 27.4. The average molecular weight is 289 g/mol. The van der Waals surface area contributed by atoms with Crippen LogP contribution in [0.5, 0.6) is 0 Å². The highest BCUT2D eigenvalue weighted by Crippen LogP contribution is 1.97. The van der Waals surface area contributed by atoms with Crippen molar-refractivity contribution in [3.05, 3.63) is 0 Å². The van der Waals surface area contributed by atoms with Crippen molar-refractivity contribution in [3.8, 4) is 0 Å². The predicted octanol–water partition coefficient (Wildman–Crippen LogP) is -1.22. The van der Waals surface area contributed by atoms with Gasteiger partial charge in [0.15, 0.2) is 0 Å². The minimum absolute atomic E-state index is 0.433. The van der Waals surface area contributed by atoms with Crippen molar-refractivity contribution < 1.29 is 32.8 Å². The normalized spacial score (nSPS) is 16.7. The second kappa shape index (κ2) is 9.62. The van der Waals surface area contributed by atoms with E-state index in [9.17, 15) is 0 Å². The molecule has 8 nitrogen and oxygen atoms in total. The zero-order valence-electron chi connectivity index (χ0n) is 10.8. The highest BCUT2D eigenvalue weighted by atomic mass is 32.3. The third kappa shape index (κ3) is 24.8. The Hall–Kier alpha value is -0.290. The van der Waals surface area contributed by atoms with Crippen LogP contribution in [0.4, 0.5) is 0 Å². The van der Waals surface area contributed by atoms with Gasteiger partial charge in [0.1, 0.15) is 0 Å². The number of nitrogens with zero attached hydrogens (tertiary/aromatic N) is 1. The number of aliphatic hydroxyl groups is 3. The van der Waals surface area contributed by atoms with Crippen molar-refractivity contribution in [2.45, 2.75) is 39.1 Å². The molecule has 0 saturated heterocycles. The lowest BCUT2D eigenvalue weighted by atomic mass is 10.2. The molecule has 0 heterocycles. The van der Waals surface area contributed by atoms with Crippen LogP contribution in [0.3, 0.4) is 0 Å². The molecule has 0 aromatic rings. The van der Waals surface area contributed by atoms with Crippen LogP contribution < -0.4 is 0 Å². The lowest BCUT2D eigenvalue weighted by molar-refractivity contribution is 0.0530. The molecule has 0 amide bonds. The zero-order valence-corrected chi connectivity index (χ0v) is 11.6. The van der Waals surface area contributed by atoms with Gasteiger partial charge >= 0.3 is 10.4 Å². The minimum atomic E-state index is -4.67. The Morgan fingerprint density at radius 3 is 1.11 bits per heavy atom. The quantitative estimate of drug-likeness (QED) is 0.383. The van der Waals surface area contributed by atoms with E-state index in [0.717, 1.165) is 0 Å². The van der Waals surface area contributed by atoms with Crippen LogP contribution in [-0.4, -0.2) is 75.7 Å². The SMILES string of the molecule is CC(O)CN(CC(C)O)CC(C)O.O=S(=O)(O)O. The molecule has 0 aromatic carbocycles. The molecule has 0 aromatic heterocycles. The second-order valence-electron chi connectivity index (χ2n) is 4.21. The van der Waals surface area contributed by atoms with E-state index in [-0.39, 0.29) is 0 Å². The molecule has 18 heavy (non-hydrogen) atoms. The number of aliphatic hydroxyl groups excluding tert-OH is 3. The van der Waals surface area contributed by atoms with Crippen molar-refractivity contribution in [2.75, 3.05) is 19.6 Å². The molecule has 0 aliphatic carbocycles. The van der Waals surface area contributed by atoms with Gasteiger partial charge in [0.05, 0.1) is 18.3 Å². The summed E-state index contributed by atoms with van der Waals surface area (Å²) in [6.07, 6.45) is -1.30. The molecule has 9 heteroatoms. The summed E-state index contributed by atoms with van der Waals surface area (Å²) in [7, 11) is -4.67. The number of rotatable bonds is 6. The second-order valence-corrected chi connectivity index (χ2v) is 5.11. The molecule has 5 N–H and O–H groups in total. The Balaban J connectivity index is 0. The topological polar surface area (TPSA) is 139 Å². The summed E-state index contributed by atoms with van der Waals surface area (Å²) in [4.78, 5) is 1.85. The molecule has 0 radical (unpaired) electrons. The summed E-state index contributed by atoms with van der Waals surface area (Å²) in [5.74, 6) is 0. The standard InChI is InChI=1S/C9H21NO3.H2O4S/c1-7(11)4-10(5-8(2)12)6-9(3)13;1-5(2,3)4/h7-9,11-13H,4-6H2,1-3H3;(H2,1,2,3,4). The van der Waals surface area contributed by atoms with Gasteiger partial charge in [0, 0.05) is 19.6 Å². The monoisotopic (exact) mass is 289 g/mol. The lowest BCUT2D eigenvalue weighted by Crippen LogP contribution is -2.40. The van der Waals surface area contributed by atoms with Crippen LogP contribution in [0.25, 0.3) is 0 Å². The third-order valence-electron chi connectivity index (χ3n) is 1.57. The summed E-state index contributed by atoms with van der Waals surface area (Å²) in [5.41, 5.74) is 0. The molecular formula is C9H23NO7S. The van der Waals surface area contributed by atoms with Gasteiger partial charge in [-0.3, -0.25) is 14.0 Å².